The summed E-state index contributed by atoms with van der Waals surface area (Å²) in [6.45, 7) is 1.74. The van der Waals surface area contributed by atoms with Gasteiger partial charge in [0, 0.05) is 12.7 Å². The van der Waals surface area contributed by atoms with Crippen LogP contribution in [0.15, 0.2) is 6.20 Å². The Morgan fingerprint density at radius 1 is 1.67 bits per heavy atom. The molecule has 15 heavy (non-hydrogen) atoms. The van der Waals surface area contributed by atoms with Crippen molar-refractivity contribution in [3.63, 3.8) is 0 Å². The van der Waals surface area contributed by atoms with Gasteiger partial charge in [-0.05, 0) is 7.05 Å². The van der Waals surface area contributed by atoms with Gasteiger partial charge in [-0.25, -0.2) is 18.1 Å². The smallest absolute Gasteiger partial charge is 0.217 e. The highest BCUT2D eigenvalue weighted by Crippen LogP contribution is 2.13. The lowest BCUT2D eigenvalue weighted by Gasteiger charge is -2.16. The number of nitrogens with zero attached hydrogens (tertiary/aromatic N) is 2. The normalized spacial score (nSPS) is 16.3. The first-order valence-corrected chi connectivity index (χ1v) is 6.30. The van der Waals surface area contributed by atoms with E-state index in [2.05, 4.69) is 9.71 Å². The molecule has 7 heteroatoms. The fraction of sp³-hybridized carbons (Fsp3) is 0.625. The average molecular weight is 231 g/mol. The molecule has 0 saturated heterocycles. The van der Waals surface area contributed by atoms with Crippen molar-refractivity contribution in [1.29, 1.82) is 0 Å². The van der Waals surface area contributed by atoms with Crippen LogP contribution in [0.5, 0.6) is 0 Å². The summed E-state index contributed by atoms with van der Waals surface area (Å²) in [6.07, 6.45) is 1.60. The zero-order valence-electron chi connectivity index (χ0n) is 8.43. The maximum atomic E-state index is 11.4. The minimum Gasteiger partial charge on any atom is -0.372 e. The van der Waals surface area contributed by atoms with Crippen molar-refractivity contribution in [3.05, 3.63) is 17.7 Å². The van der Waals surface area contributed by atoms with Gasteiger partial charge in [0.2, 0.25) is 10.0 Å². The molecule has 0 aliphatic carbocycles. The van der Waals surface area contributed by atoms with Crippen molar-refractivity contribution in [3.8, 4) is 0 Å². The lowest BCUT2D eigenvalue weighted by Crippen LogP contribution is -2.24. The summed E-state index contributed by atoms with van der Waals surface area (Å²) in [4.78, 5) is 4.12. The first-order chi connectivity index (χ1) is 7.12. The van der Waals surface area contributed by atoms with E-state index in [-0.39, 0.29) is 5.75 Å². The monoisotopic (exact) mass is 231 g/mol. The van der Waals surface area contributed by atoms with Crippen LogP contribution in [-0.4, -0.2) is 31.6 Å². The number of sulfonamides is 1. The first-order valence-electron chi connectivity index (χ1n) is 4.64. The van der Waals surface area contributed by atoms with Crippen molar-refractivity contribution < 1.29 is 13.2 Å². The van der Waals surface area contributed by atoms with Gasteiger partial charge in [0.05, 0.1) is 12.3 Å². The highest BCUT2D eigenvalue weighted by molar-refractivity contribution is 7.88. The molecule has 1 aliphatic heterocycles. The average Bonchev–Trinajstić information content (AvgIpc) is 2.62. The standard InChI is InChI=1S/C8H13N3O3S/c1-9-15(12,13)6-7-4-10-8-5-14-3-2-11(7)8/h4,9H,2-3,5-6H2,1H3. The number of ether oxygens (including phenoxy) is 1. The van der Waals surface area contributed by atoms with Crippen LogP contribution in [-0.2, 0) is 33.7 Å². The molecular weight excluding hydrogens is 218 g/mol. The van der Waals surface area contributed by atoms with Gasteiger partial charge in [0.25, 0.3) is 0 Å². The molecule has 84 valence electrons. The number of rotatable bonds is 3. The summed E-state index contributed by atoms with van der Waals surface area (Å²) in [6, 6.07) is 0. The molecule has 2 rings (SSSR count). The van der Waals surface area contributed by atoms with Crippen molar-refractivity contribution in [2.75, 3.05) is 13.7 Å². The number of hydrogen-bond acceptors (Lipinski definition) is 4. The fourth-order valence-electron chi connectivity index (χ4n) is 1.54. The molecule has 0 spiro atoms. The molecule has 1 aromatic rings. The molecule has 1 aromatic heterocycles. The number of imidazole rings is 1. The third-order valence-electron chi connectivity index (χ3n) is 2.36. The lowest BCUT2D eigenvalue weighted by molar-refractivity contribution is 0.0808. The third kappa shape index (κ3) is 2.19. The van der Waals surface area contributed by atoms with E-state index >= 15 is 0 Å². The Labute approximate surface area is 88.3 Å². The summed E-state index contributed by atoms with van der Waals surface area (Å²) >= 11 is 0. The molecular formula is C8H13N3O3S. The Balaban J connectivity index is 2.26. The van der Waals surface area contributed by atoms with Crippen molar-refractivity contribution in [1.82, 2.24) is 14.3 Å². The van der Waals surface area contributed by atoms with Crippen LogP contribution in [0.3, 0.4) is 0 Å². The quantitative estimate of drug-likeness (QED) is 0.758. The Bertz CT molecular complexity index is 452. The summed E-state index contributed by atoms with van der Waals surface area (Å²) in [7, 11) is -1.82. The number of aromatic nitrogens is 2. The summed E-state index contributed by atoms with van der Waals surface area (Å²) < 4.78 is 32.1. The van der Waals surface area contributed by atoms with Crippen molar-refractivity contribution in [2.45, 2.75) is 18.9 Å². The van der Waals surface area contributed by atoms with Gasteiger partial charge in [-0.15, -0.1) is 0 Å². The summed E-state index contributed by atoms with van der Waals surface area (Å²) in [5, 5.41) is 0. The molecule has 1 aliphatic rings. The topological polar surface area (TPSA) is 73.2 Å². The van der Waals surface area contributed by atoms with E-state index < -0.39 is 10.0 Å². The molecule has 0 aromatic carbocycles. The Morgan fingerprint density at radius 3 is 3.20 bits per heavy atom. The molecule has 2 heterocycles. The zero-order valence-corrected chi connectivity index (χ0v) is 9.25. The third-order valence-corrected chi connectivity index (χ3v) is 3.66. The Morgan fingerprint density at radius 2 is 2.47 bits per heavy atom. The van der Waals surface area contributed by atoms with Crippen molar-refractivity contribution >= 4 is 10.0 Å². The van der Waals surface area contributed by atoms with Crippen LogP contribution in [0.25, 0.3) is 0 Å². The van der Waals surface area contributed by atoms with Crippen LogP contribution in [0, 0.1) is 0 Å². The molecule has 0 atom stereocenters. The lowest BCUT2D eigenvalue weighted by atomic mass is 10.4. The van der Waals surface area contributed by atoms with Crippen LogP contribution in [0.4, 0.5) is 0 Å². The van der Waals surface area contributed by atoms with Gasteiger partial charge in [-0.2, -0.15) is 0 Å². The second-order valence-corrected chi connectivity index (χ2v) is 5.26. The van der Waals surface area contributed by atoms with Gasteiger partial charge in [0.1, 0.15) is 18.2 Å². The number of nitrogens with one attached hydrogen (secondary N) is 1. The maximum Gasteiger partial charge on any atom is 0.217 e. The van der Waals surface area contributed by atoms with Crippen LogP contribution < -0.4 is 4.72 Å². The van der Waals surface area contributed by atoms with E-state index in [1.807, 2.05) is 4.57 Å². The minimum atomic E-state index is -3.23. The maximum absolute atomic E-state index is 11.4. The van der Waals surface area contributed by atoms with Gasteiger partial charge < -0.3 is 9.30 Å². The number of hydrogen-bond donors (Lipinski definition) is 1. The fourth-order valence-corrected chi connectivity index (χ4v) is 2.31. The van der Waals surface area contributed by atoms with Gasteiger partial charge in [0.15, 0.2) is 0 Å². The van der Waals surface area contributed by atoms with Crippen LogP contribution >= 0.6 is 0 Å². The second-order valence-electron chi connectivity index (χ2n) is 3.33. The second kappa shape index (κ2) is 3.92. The van der Waals surface area contributed by atoms with E-state index in [9.17, 15) is 8.42 Å². The Kier molecular flexibility index (Phi) is 2.76. The van der Waals surface area contributed by atoms with E-state index in [1.54, 1.807) is 6.20 Å². The Hall–Kier alpha value is -0.920. The molecule has 0 radical (unpaired) electrons. The molecule has 6 nitrogen and oxygen atoms in total. The molecule has 0 fully saturated rings. The highest BCUT2D eigenvalue weighted by Gasteiger charge is 2.18. The van der Waals surface area contributed by atoms with Gasteiger partial charge in [-0.1, -0.05) is 0 Å². The van der Waals surface area contributed by atoms with Crippen molar-refractivity contribution in [2.24, 2.45) is 0 Å². The van der Waals surface area contributed by atoms with Gasteiger partial charge >= 0.3 is 0 Å². The largest absolute Gasteiger partial charge is 0.372 e. The summed E-state index contributed by atoms with van der Waals surface area (Å²) in [5.41, 5.74) is 0.711. The molecule has 0 amide bonds. The molecule has 0 unspecified atom stereocenters. The first kappa shape index (κ1) is 10.6. The summed E-state index contributed by atoms with van der Waals surface area (Å²) in [5.74, 6) is 0.763. The van der Waals surface area contributed by atoms with E-state index in [0.29, 0.717) is 25.5 Å². The highest BCUT2D eigenvalue weighted by atomic mass is 32.2. The van der Waals surface area contributed by atoms with E-state index in [4.69, 9.17) is 4.74 Å². The predicted octanol–water partition coefficient (Wildman–Crippen LogP) is -0.538. The number of fused-ring (bicyclic) bond motifs is 1. The van der Waals surface area contributed by atoms with E-state index in [0.717, 1.165) is 5.82 Å². The van der Waals surface area contributed by atoms with E-state index in [1.165, 1.54) is 7.05 Å². The predicted molar refractivity (Wildman–Crippen MR) is 53.6 cm³/mol. The minimum absolute atomic E-state index is 0.0313. The molecule has 0 saturated carbocycles. The molecule has 1 N–H and O–H groups in total. The molecule has 0 bridgehead atoms. The zero-order chi connectivity index (χ0) is 10.9. The van der Waals surface area contributed by atoms with Gasteiger partial charge in [-0.3, -0.25) is 0 Å². The SMILES string of the molecule is CNS(=O)(=O)Cc1cnc2n1CCOC2. The van der Waals surface area contributed by atoms with Crippen LogP contribution in [0.1, 0.15) is 11.5 Å². The van der Waals surface area contributed by atoms with Crippen LogP contribution in [0.2, 0.25) is 0 Å².